The second kappa shape index (κ2) is 6.89. The van der Waals surface area contributed by atoms with E-state index in [9.17, 15) is 9.90 Å². The number of carbonyl (C=O) groups excluding carboxylic acids is 1. The van der Waals surface area contributed by atoms with E-state index in [0.717, 1.165) is 5.56 Å². The Morgan fingerprint density at radius 1 is 1.26 bits per heavy atom. The molecule has 0 aliphatic heterocycles. The van der Waals surface area contributed by atoms with Crippen molar-refractivity contribution in [2.24, 2.45) is 0 Å². The highest BCUT2D eigenvalue weighted by molar-refractivity contribution is 5.90. The van der Waals surface area contributed by atoms with Crippen LogP contribution in [-0.4, -0.2) is 18.2 Å². The maximum absolute atomic E-state index is 11.6. The van der Waals surface area contributed by atoms with Gasteiger partial charge in [0.1, 0.15) is 0 Å². The number of rotatable bonds is 3. The van der Waals surface area contributed by atoms with Gasteiger partial charge in [0.05, 0.1) is 12.7 Å². The van der Waals surface area contributed by atoms with Crippen LogP contribution in [0, 0.1) is 0 Å². The van der Waals surface area contributed by atoms with Crippen LogP contribution < -0.4 is 21.5 Å². The highest BCUT2D eigenvalue weighted by atomic mass is 79.9. The molecule has 1 aromatic heterocycles. The molecule has 0 saturated heterocycles. The average Bonchev–Trinajstić information content (AvgIpc) is 2.38. The number of esters is 1. The van der Waals surface area contributed by atoms with Crippen molar-refractivity contribution in [3.63, 3.8) is 0 Å². The Morgan fingerprint density at radius 3 is 2.68 bits per heavy atom. The molecule has 0 unspecified atom stereocenters. The zero-order valence-corrected chi connectivity index (χ0v) is 12.0. The standard InChI is InChI=1S/C14H13NO3.BrH/c1-18-14(17)13-7-3-2-5-11(13)9-15-8-4-6-12(16)10-15;/h2-8,10H,9H2,1H3;1H. The Kier molecular flexibility index (Phi) is 5.51. The van der Waals surface area contributed by atoms with E-state index >= 15 is 0 Å². The van der Waals surface area contributed by atoms with Gasteiger partial charge in [-0.3, -0.25) is 0 Å². The molecule has 0 bridgehead atoms. The van der Waals surface area contributed by atoms with Gasteiger partial charge in [-0.05, 0) is 12.1 Å². The molecule has 0 spiro atoms. The van der Waals surface area contributed by atoms with E-state index in [2.05, 4.69) is 0 Å². The Bertz CT molecular complexity index is 572. The molecule has 0 fully saturated rings. The average molecular weight is 324 g/mol. The summed E-state index contributed by atoms with van der Waals surface area (Å²) in [5.41, 5.74) is 1.38. The molecule has 0 atom stereocenters. The van der Waals surface area contributed by atoms with Gasteiger partial charge < -0.3 is 26.8 Å². The monoisotopic (exact) mass is 323 g/mol. The summed E-state index contributed by atoms with van der Waals surface area (Å²) in [5.74, 6) is -0.167. The second-order valence-corrected chi connectivity index (χ2v) is 3.88. The Hall–Kier alpha value is -1.88. The SMILES string of the molecule is COC(=O)c1ccccc1C[n+]1cccc(O)c1.[Br-]. The molecule has 1 aromatic carbocycles. The van der Waals surface area contributed by atoms with Crippen molar-refractivity contribution in [1.82, 2.24) is 0 Å². The molecule has 0 saturated carbocycles. The first-order chi connectivity index (χ1) is 8.70. The van der Waals surface area contributed by atoms with Gasteiger partial charge >= 0.3 is 5.97 Å². The number of pyridine rings is 1. The van der Waals surface area contributed by atoms with Crippen molar-refractivity contribution < 1.29 is 36.2 Å². The van der Waals surface area contributed by atoms with Crippen LogP contribution in [0.2, 0.25) is 0 Å². The maximum atomic E-state index is 11.6. The summed E-state index contributed by atoms with van der Waals surface area (Å²) in [4.78, 5) is 11.6. The van der Waals surface area contributed by atoms with Gasteiger partial charge in [-0.1, -0.05) is 18.2 Å². The third-order valence-corrected chi connectivity index (χ3v) is 2.62. The van der Waals surface area contributed by atoms with Crippen LogP contribution in [0.25, 0.3) is 0 Å². The van der Waals surface area contributed by atoms with Crippen LogP contribution in [0.4, 0.5) is 0 Å². The van der Waals surface area contributed by atoms with E-state index in [1.54, 1.807) is 35.0 Å². The van der Waals surface area contributed by atoms with E-state index in [0.29, 0.717) is 12.1 Å². The maximum Gasteiger partial charge on any atom is 0.338 e. The smallest absolute Gasteiger partial charge is 0.338 e. The zero-order chi connectivity index (χ0) is 13.0. The number of hydrogen-bond acceptors (Lipinski definition) is 3. The first-order valence-electron chi connectivity index (χ1n) is 5.55. The third kappa shape index (κ3) is 3.79. The topological polar surface area (TPSA) is 50.4 Å². The van der Waals surface area contributed by atoms with E-state index in [-0.39, 0.29) is 28.7 Å². The molecular weight excluding hydrogens is 310 g/mol. The van der Waals surface area contributed by atoms with Crippen LogP contribution in [0.3, 0.4) is 0 Å². The first-order valence-corrected chi connectivity index (χ1v) is 5.55. The van der Waals surface area contributed by atoms with Crippen LogP contribution in [0.15, 0.2) is 48.8 Å². The lowest BCUT2D eigenvalue weighted by molar-refractivity contribution is -0.688. The molecular formula is C14H14BrNO3. The molecule has 4 nitrogen and oxygen atoms in total. The predicted molar refractivity (Wildman–Crippen MR) is 65.2 cm³/mol. The lowest BCUT2D eigenvalue weighted by atomic mass is 10.1. The normalized spacial score (nSPS) is 9.53. The van der Waals surface area contributed by atoms with Gasteiger partial charge in [-0.15, -0.1) is 0 Å². The van der Waals surface area contributed by atoms with Crippen LogP contribution >= 0.6 is 0 Å². The van der Waals surface area contributed by atoms with Crippen molar-refractivity contribution in [2.45, 2.75) is 6.54 Å². The van der Waals surface area contributed by atoms with Gasteiger partial charge in [0, 0.05) is 11.6 Å². The molecule has 2 aromatic rings. The molecule has 0 radical (unpaired) electrons. The van der Waals surface area contributed by atoms with Crippen molar-refractivity contribution >= 4 is 5.97 Å². The van der Waals surface area contributed by atoms with Crippen molar-refractivity contribution in [3.05, 3.63) is 59.9 Å². The Morgan fingerprint density at radius 2 is 2.00 bits per heavy atom. The predicted octanol–water partition coefficient (Wildman–Crippen LogP) is -1.48. The van der Waals surface area contributed by atoms with E-state index in [4.69, 9.17) is 4.74 Å². The van der Waals surface area contributed by atoms with E-state index < -0.39 is 0 Å². The molecule has 0 aliphatic carbocycles. The minimum atomic E-state index is -0.355. The number of hydrogen-bond donors (Lipinski definition) is 1. The summed E-state index contributed by atoms with van der Waals surface area (Å²) in [6.07, 6.45) is 3.43. The molecule has 1 heterocycles. The number of aromatic nitrogens is 1. The fourth-order valence-electron chi connectivity index (χ4n) is 1.77. The number of aromatic hydroxyl groups is 1. The lowest BCUT2D eigenvalue weighted by Gasteiger charge is -2.04. The lowest BCUT2D eigenvalue weighted by Crippen LogP contribution is -3.00. The minimum absolute atomic E-state index is 0. The molecule has 1 N–H and O–H groups in total. The highest BCUT2D eigenvalue weighted by Gasteiger charge is 2.14. The van der Waals surface area contributed by atoms with Gasteiger partial charge in [-0.25, -0.2) is 4.79 Å². The van der Waals surface area contributed by atoms with Gasteiger partial charge in [0.2, 0.25) is 6.20 Å². The Balaban J connectivity index is 0.00000180. The molecule has 19 heavy (non-hydrogen) atoms. The molecule has 5 heteroatoms. The summed E-state index contributed by atoms with van der Waals surface area (Å²) in [7, 11) is 1.36. The molecule has 100 valence electrons. The number of halogens is 1. The minimum Gasteiger partial charge on any atom is -1.00 e. The fraction of sp³-hybridized carbons (Fsp3) is 0.143. The van der Waals surface area contributed by atoms with Crippen molar-refractivity contribution in [1.29, 1.82) is 0 Å². The van der Waals surface area contributed by atoms with E-state index in [1.807, 2.05) is 18.3 Å². The Labute approximate surface area is 122 Å². The third-order valence-electron chi connectivity index (χ3n) is 2.62. The van der Waals surface area contributed by atoms with Crippen LogP contribution in [0.5, 0.6) is 5.75 Å². The second-order valence-electron chi connectivity index (χ2n) is 3.88. The summed E-state index contributed by atoms with van der Waals surface area (Å²) < 4.78 is 6.54. The van der Waals surface area contributed by atoms with Crippen LogP contribution in [-0.2, 0) is 11.3 Å². The summed E-state index contributed by atoms with van der Waals surface area (Å²) in [6.45, 7) is 0.500. The summed E-state index contributed by atoms with van der Waals surface area (Å²) in [6, 6.07) is 10.6. The number of methoxy groups -OCH3 is 1. The quantitative estimate of drug-likeness (QED) is 0.553. The number of ether oxygens (including phenoxy) is 1. The molecule has 0 aliphatic rings. The molecule has 2 rings (SSSR count). The summed E-state index contributed by atoms with van der Waals surface area (Å²) in [5, 5.41) is 9.40. The number of carbonyl (C=O) groups is 1. The first kappa shape index (κ1) is 15.2. The zero-order valence-electron chi connectivity index (χ0n) is 10.4. The van der Waals surface area contributed by atoms with Crippen molar-refractivity contribution in [3.8, 4) is 5.75 Å². The number of benzene rings is 1. The molecule has 0 amide bonds. The van der Waals surface area contributed by atoms with E-state index in [1.165, 1.54) is 7.11 Å². The number of nitrogens with zero attached hydrogens (tertiary/aromatic N) is 1. The highest BCUT2D eigenvalue weighted by Crippen LogP contribution is 2.10. The fourth-order valence-corrected chi connectivity index (χ4v) is 1.77. The largest absolute Gasteiger partial charge is 1.00 e. The van der Waals surface area contributed by atoms with Gasteiger partial charge in [0.25, 0.3) is 0 Å². The van der Waals surface area contributed by atoms with Gasteiger partial charge in [-0.2, -0.15) is 4.57 Å². The van der Waals surface area contributed by atoms with Crippen LogP contribution in [0.1, 0.15) is 15.9 Å². The van der Waals surface area contributed by atoms with Crippen molar-refractivity contribution in [2.75, 3.05) is 7.11 Å². The van der Waals surface area contributed by atoms with Gasteiger partial charge in [0.15, 0.2) is 18.5 Å². The summed E-state index contributed by atoms with van der Waals surface area (Å²) >= 11 is 0.